The predicted molar refractivity (Wildman–Crippen MR) is 13.5 cm³/mol. The summed E-state index contributed by atoms with van der Waals surface area (Å²) in [4.78, 5) is 7.14. The summed E-state index contributed by atoms with van der Waals surface area (Å²) in [5, 5.41) is 0. The molecule has 0 rings (SSSR count). The Morgan fingerprint density at radius 3 is 1.00 bits per heavy atom. The van der Waals surface area contributed by atoms with Crippen molar-refractivity contribution < 1.29 is 34.3 Å². The fraction of sp³-hybridized carbons (Fsp3) is 0. The molecule has 0 aromatic rings. The zero-order valence-corrected chi connectivity index (χ0v) is 6.11. The zero-order valence-electron chi connectivity index (χ0n) is 2.71. The molecule has 31 valence electrons. The Balaban J connectivity index is -0.00000000167. The molecule has 0 aliphatic rings. The van der Waals surface area contributed by atoms with Crippen LogP contribution in [-0.4, -0.2) is 15.3 Å². The van der Waals surface area contributed by atoms with Crippen molar-refractivity contribution in [3.63, 3.8) is 0 Å². The van der Waals surface area contributed by atoms with Gasteiger partial charge in [0, 0.05) is 0 Å². The van der Waals surface area contributed by atoms with Crippen molar-refractivity contribution in [3.05, 3.63) is 0 Å². The third kappa shape index (κ3) is 72.5. The minimum atomic E-state index is 0. The van der Waals surface area contributed by atoms with E-state index in [-0.39, 0.29) is 29.5 Å². The maximum atomic E-state index is 7.14. The van der Waals surface area contributed by atoms with E-state index in [9.17, 15) is 0 Å². The Morgan fingerprint density at radius 1 is 1.00 bits per heavy atom. The van der Waals surface area contributed by atoms with Crippen LogP contribution in [0.25, 0.3) is 0 Å². The van der Waals surface area contributed by atoms with Crippen LogP contribution in [0.4, 0.5) is 0 Å². The van der Waals surface area contributed by atoms with E-state index in [2.05, 4.69) is 0 Å². The second kappa shape index (κ2) is 137. The molecule has 5 heteroatoms. The summed E-state index contributed by atoms with van der Waals surface area (Å²) in [6.45, 7) is 0. The maximum absolute atomic E-state index is 7.14. The standard InChI is InChI=1S/H4OSi.2O.V/c1-2;;;/h1H,2H3;;;/q;2*-2;+4. The van der Waals surface area contributed by atoms with Gasteiger partial charge < -0.3 is 15.7 Å². The SMILES string of the molecule is O[SiH3].[O-2].[O-2].[V+4]. The molecule has 0 aliphatic heterocycles. The molecule has 5 heavy (non-hydrogen) atoms. The molecule has 0 heterocycles. The van der Waals surface area contributed by atoms with Crippen LogP contribution >= 0.6 is 0 Å². The van der Waals surface area contributed by atoms with Crippen LogP contribution in [0.3, 0.4) is 0 Å². The summed E-state index contributed by atoms with van der Waals surface area (Å²) >= 11 is 0. The molecular formula is H4O3SiV. The van der Waals surface area contributed by atoms with Crippen molar-refractivity contribution in [3.8, 4) is 0 Å². The summed E-state index contributed by atoms with van der Waals surface area (Å²) in [6.07, 6.45) is 0. The summed E-state index contributed by atoms with van der Waals surface area (Å²) in [7, 11) is 0.306. The molecule has 3 nitrogen and oxygen atoms in total. The van der Waals surface area contributed by atoms with Crippen molar-refractivity contribution in [1.82, 2.24) is 0 Å². The Morgan fingerprint density at radius 2 is 1.00 bits per heavy atom. The van der Waals surface area contributed by atoms with Gasteiger partial charge in [0.1, 0.15) is 10.5 Å². The minimum absolute atomic E-state index is 0. The molecule has 0 aromatic heterocycles. The molecule has 0 spiro atoms. The van der Waals surface area contributed by atoms with Gasteiger partial charge in [-0.05, 0) is 0 Å². The number of rotatable bonds is 0. The second-order valence-electron chi connectivity index (χ2n) is 0. The van der Waals surface area contributed by atoms with Crippen LogP contribution in [0.15, 0.2) is 0 Å². The molecule has 0 aromatic carbocycles. The third-order valence-electron chi connectivity index (χ3n) is 0. The molecule has 1 radical (unpaired) electrons. The molecule has 1 N–H and O–H groups in total. The average Bonchev–Trinajstić information content (AvgIpc) is 1.00. The van der Waals surface area contributed by atoms with E-state index in [0.29, 0.717) is 10.5 Å². The number of hydrogen-bond donors (Lipinski definition) is 1. The number of hydrogen-bond acceptors (Lipinski definition) is 1. The Kier molecular flexibility index (Phi) is 1200. The fourth-order valence-corrected chi connectivity index (χ4v) is 0. The van der Waals surface area contributed by atoms with E-state index in [4.69, 9.17) is 4.80 Å². The van der Waals surface area contributed by atoms with Gasteiger partial charge in [0.05, 0.1) is 0 Å². The van der Waals surface area contributed by atoms with E-state index in [1.165, 1.54) is 0 Å². The first-order valence-corrected chi connectivity index (χ1v) is 1.34. The van der Waals surface area contributed by atoms with Gasteiger partial charge in [-0.2, -0.15) is 0 Å². The average molecular weight is 131 g/mol. The van der Waals surface area contributed by atoms with Gasteiger partial charge in [-0.15, -0.1) is 0 Å². The quantitative estimate of drug-likeness (QED) is 0.380. The first-order valence-electron chi connectivity index (χ1n) is 0.447. The van der Waals surface area contributed by atoms with E-state index in [0.717, 1.165) is 0 Å². The summed E-state index contributed by atoms with van der Waals surface area (Å²) < 4.78 is 0. The molecule has 0 fully saturated rings. The van der Waals surface area contributed by atoms with Crippen molar-refractivity contribution in [2.75, 3.05) is 0 Å². The summed E-state index contributed by atoms with van der Waals surface area (Å²) in [6, 6.07) is 0. The van der Waals surface area contributed by atoms with Crippen molar-refractivity contribution in [2.45, 2.75) is 0 Å². The first-order chi connectivity index (χ1) is 1.00. The first kappa shape index (κ1) is 44.0. The molecule has 0 saturated heterocycles. The van der Waals surface area contributed by atoms with Gasteiger partial charge in [-0.1, -0.05) is 0 Å². The zero-order chi connectivity index (χ0) is 2.00. The molecule has 0 saturated carbocycles. The van der Waals surface area contributed by atoms with Crippen LogP contribution in [-0.2, 0) is 29.5 Å². The van der Waals surface area contributed by atoms with Crippen molar-refractivity contribution >= 4 is 10.5 Å². The van der Waals surface area contributed by atoms with Crippen LogP contribution in [0.2, 0.25) is 0 Å². The summed E-state index contributed by atoms with van der Waals surface area (Å²) in [5.41, 5.74) is 0. The smallest absolute Gasteiger partial charge is 2.00 e. The van der Waals surface area contributed by atoms with Gasteiger partial charge in [0.2, 0.25) is 0 Å². The minimum Gasteiger partial charge on any atom is -2.00 e. The van der Waals surface area contributed by atoms with Gasteiger partial charge in [0.15, 0.2) is 0 Å². The monoisotopic (exact) mass is 131 g/mol. The van der Waals surface area contributed by atoms with Gasteiger partial charge in [-0.25, -0.2) is 0 Å². The van der Waals surface area contributed by atoms with E-state index in [1.807, 2.05) is 0 Å². The van der Waals surface area contributed by atoms with Crippen LogP contribution < -0.4 is 0 Å². The van der Waals surface area contributed by atoms with Crippen LogP contribution in [0.5, 0.6) is 0 Å². The Labute approximate surface area is 45.4 Å². The van der Waals surface area contributed by atoms with Gasteiger partial charge in [-0.3, -0.25) is 0 Å². The van der Waals surface area contributed by atoms with Crippen LogP contribution in [0.1, 0.15) is 0 Å². The van der Waals surface area contributed by atoms with E-state index in [1.54, 1.807) is 0 Å². The molecule has 0 atom stereocenters. The molecule has 0 aliphatic carbocycles. The second-order valence-corrected chi connectivity index (χ2v) is 0. The topological polar surface area (TPSA) is 77.2 Å². The normalized spacial score (nSPS) is 1.80. The van der Waals surface area contributed by atoms with Gasteiger partial charge in [0.25, 0.3) is 0 Å². The van der Waals surface area contributed by atoms with Crippen molar-refractivity contribution in [2.24, 2.45) is 0 Å². The van der Waals surface area contributed by atoms with Gasteiger partial charge >= 0.3 is 18.6 Å². The van der Waals surface area contributed by atoms with E-state index < -0.39 is 0 Å². The largest absolute Gasteiger partial charge is 4.00 e. The molecule has 0 bridgehead atoms. The Bertz CT molecular complexity index is 6.85. The third-order valence-corrected chi connectivity index (χ3v) is 0. The Hall–Kier alpha value is 0.681. The van der Waals surface area contributed by atoms with E-state index >= 15 is 0 Å². The predicted octanol–water partition coefficient (Wildman–Crippen LogP) is -1.98. The molecular weight excluding hydrogens is 127 g/mol. The molecule has 0 unspecified atom stereocenters. The van der Waals surface area contributed by atoms with Crippen molar-refractivity contribution in [1.29, 1.82) is 0 Å². The summed E-state index contributed by atoms with van der Waals surface area (Å²) in [5.74, 6) is 0. The van der Waals surface area contributed by atoms with Crippen LogP contribution in [0, 0.1) is 0 Å². The molecule has 0 amide bonds. The maximum Gasteiger partial charge on any atom is 4.00 e. The fourth-order valence-electron chi connectivity index (χ4n) is 0.